The summed E-state index contributed by atoms with van der Waals surface area (Å²) in [4.78, 5) is 24.2. The smallest absolute Gasteiger partial charge is 0.416 e. The predicted molar refractivity (Wildman–Crippen MR) is 100 cm³/mol. The SMILES string of the molecule is COC(=O)[C@H](C/C=C/c1ccccc1)NC(=O)[C@H](O)c1ccc(C(F)(F)F)cc1. The highest BCUT2D eigenvalue weighted by Crippen LogP contribution is 2.30. The minimum absolute atomic E-state index is 0.0288. The van der Waals surface area contributed by atoms with Gasteiger partial charge in [0.25, 0.3) is 5.91 Å². The number of halogens is 3. The van der Waals surface area contributed by atoms with Gasteiger partial charge in [0.2, 0.25) is 0 Å². The fraction of sp³-hybridized carbons (Fsp3) is 0.238. The number of carbonyl (C=O) groups excluding carboxylic acids is 2. The lowest BCUT2D eigenvalue weighted by Gasteiger charge is -2.18. The number of alkyl halides is 3. The van der Waals surface area contributed by atoms with E-state index in [1.165, 1.54) is 0 Å². The molecular formula is C21H20F3NO4. The molecule has 2 N–H and O–H groups in total. The van der Waals surface area contributed by atoms with Crippen molar-refractivity contribution in [3.05, 3.63) is 77.4 Å². The van der Waals surface area contributed by atoms with Crippen LogP contribution in [0.15, 0.2) is 60.7 Å². The van der Waals surface area contributed by atoms with Crippen LogP contribution in [0.4, 0.5) is 13.2 Å². The summed E-state index contributed by atoms with van der Waals surface area (Å²) >= 11 is 0. The van der Waals surface area contributed by atoms with E-state index in [4.69, 9.17) is 0 Å². The Hall–Kier alpha value is -3.13. The van der Waals surface area contributed by atoms with Crippen LogP contribution < -0.4 is 5.32 Å². The van der Waals surface area contributed by atoms with Crippen molar-refractivity contribution < 1.29 is 32.6 Å². The van der Waals surface area contributed by atoms with Gasteiger partial charge in [0.1, 0.15) is 6.04 Å². The molecule has 0 aliphatic carbocycles. The van der Waals surface area contributed by atoms with E-state index >= 15 is 0 Å². The quantitative estimate of drug-likeness (QED) is 0.689. The minimum Gasteiger partial charge on any atom is -0.467 e. The molecule has 154 valence electrons. The molecule has 0 fully saturated rings. The second-order valence-electron chi connectivity index (χ2n) is 6.16. The second kappa shape index (κ2) is 9.88. The van der Waals surface area contributed by atoms with Crippen molar-refractivity contribution >= 4 is 18.0 Å². The molecule has 2 aromatic carbocycles. The Labute approximate surface area is 165 Å². The van der Waals surface area contributed by atoms with Gasteiger partial charge >= 0.3 is 12.1 Å². The van der Waals surface area contributed by atoms with Gasteiger partial charge in [0.15, 0.2) is 6.10 Å². The lowest BCUT2D eigenvalue weighted by molar-refractivity contribution is -0.146. The molecule has 0 spiro atoms. The number of aliphatic hydroxyl groups is 1. The molecule has 0 aromatic heterocycles. The van der Waals surface area contributed by atoms with E-state index in [2.05, 4.69) is 10.1 Å². The van der Waals surface area contributed by atoms with Crippen LogP contribution in [0.5, 0.6) is 0 Å². The van der Waals surface area contributed by atoms with E-state index in [1.54, 1.807) is 12.2 Å². The van der Waals surface area contributed by atoms with E-state index in [-0.39, 0.29) is 12.0 Å². The Bertz CT molecular complexity index is 848. The van der Waals surface area contributed by atoms with E-state index in [0.29, 0.717) is 0 Å². The molecule has 0 heterocycles. The highest BCUT2D eigenvalue weighted by Gasteiger charge is 2.31. The standard InChI is InChI=1S/C21H20F3NO4/c1-29-20(28)17(9-5-8-14-6-3-2-4-7-14)25-19(27)18(26)15-10-12-16(13-11-15)21(22,23)24/h2-8,10-13,17-18,26H,9H2,1H3,(H,25,27)/b8-5+/t17-,18+/m0/s1. The van der Waals surface area contributed by atoms with Crippen molar-refractivity contribution in [2.24, 2.45) is 0 Å². The fourth-order valence-electron chi connectivity index (χ4n) is 2.52. The molecule has 29 heavy (non-hydrogen) atoms. The maximum atomic E-state index is 12.6. The van der Waals surface area contributed by atoms with E-state index < -0.39 is 35.8 Å². The third kappa shape index (κ3) is 6.46. The summed E-state index contributed by atoms with van der Waals surface area (Å²) in [6, 6.07) is 11.8. The van der Waals surface area contributed by atoms with Gasteiger partial charge in [-0.1, -0.05) is 54.6 Å². The molecule has 0 aliphatic heterocycles. The number of amides is 1. The molecule has 0 saturated heterocycles. The molecular weight excluding hydrogens is 387 g/mol. The lowest BCUT2D eigenvalue weighted by atomic mass is 10.1. The van der Waals surface area contributed by atoms with Gasteiger partial charge in [-0.25, -0.2) is 4.79 Å². The molecule has 8 heteroatoms. The molecule has 5 nitrogen and oxygen atoms in total. The first-order valence-corrected chi connectivity index (χ1v) is 8.67. The van der Waals surface area contributed by atoms with E-state index in [0.717, 1.165) is 36.9 Å². The van der Waals surface area contributed by atoms with Crippen LogP contribution >= 0.6 is 0 Å². The largest absolute Gasteiger partial charge is 0.467 e. The van der Waals surface area contributed by atoms with E-state index in [9.17, 15) is 27.9 Å². The summed E-state index contributed by atoms with van der Waals surface area (Å²) in [5.74, 6) is -1.64. The van der Waals surface area contributed by atoms with Crippen LogP contribution in [-0.2, 0) is 20.5 Å². The van der Waals surface area contributed by atoms with Crippen molar-refractivity contribution in [3.8, 4) is 0 Å². The van der Waals surface area contributed by atoms with Crippen molar-refractivity contribution in [2.45, 2.75) is 24.7 Å². The molecule has 0 bridgehead atoms. The molecule has 0 saturated carbocycles. The third-order valence-electron chi connectivity index (χ3n) is 4.09. The average molecular weight is 407 g/mol. The number of hydrogen-bond acceptors (Lipinski definition) is 4. The molecule has 2 atom stereocenters. The monoisotopic (exact) mass is 407 g/mol. The molecule has 0 aliphatic rings. The molecule has 2 rings (SSSR count). The topological polar surface area (TPSA) is 75.6 Å². The lowest BCUT2D eigenvalue weighted by Crippen LogP contribution is -2.43. The molecule has 2 aromatic rings. The summed E-state index contributed by atoms with van der Waals surface area (Å²) in [7, 11) is 1.16. The van der Waals surface area contributed by atoms with Crippen molar-refractivity contribution in [1.82, 2.24) is 5.32 Å². The number of methoxy groups -OCH3 is 1. The van der Waals surface area contributed by atoms with Crippen LogP contribution in [-0.4, -0.2) is 30.1 Å². The van der Waals surface area contributed by atoms with Crippen molar-refractivity contribution in [1.29, 1.82) is 0 Å². The summed E-state index contributed by atoms with van der Waals surface area (Å²) in [6.45, 7) is 0. The number of rotatable bonds is 7. The van der Waals surface area contributed by atoms with Gasteiger partial charge in [-0.15, -0.1) is 0 Å². The number of carbonyl (C=O) groups is 2. The van der Waals surface area contributed by atoms with Gasteiger partial charge < -0.3 is 15.2 Å². The zero-order chi connectivity index (χ0) is 21.4. The summed E-state index contributed by atoms with van der Waals surface area (Å²) in [5, 5.41) is 12.5. The van der Waals surface area contributed by atoms with Gasteiger partial charge in [0, 0.05) is 0 Å². The molecule has 0 unspecified atom stereocenters. The third-order valence-corrected chi connectivity index (χ3v) is 4.09. The van der Waals surface area contributed by atoms with Crippen LogP contribution in [0.1, 0.15) is 29.2 Å². The Balaban J connectivity index is 2.04. The first-order chi connectivity index (χ1) is 13.7. The molecule has 0 radical (unpaired) electrons. The van der Waals surface area contributed by atoms with Gasteiger partial charge in [0.05, 0.1) is 12.7 Å². The van der Waals surface area contributed by atoms with Crippen LogP contribution in [0.25, 0.3) is 6.08 Å². The van der Waals surface area contributed by atoms with Crippen molar-refractivity contribution in [3.63, 3.8) is 0 Å². The number of ether oxygens (including phenoxy) is 1. The Morgan fingerprint density at radius 3 is 2.28 bits per heavy atom. The molecule has 1 amide bonds. The second-order valence-corrected chi connectivity index (χ2v) is 6.16. The summed E-state index contributed by atoms with van der Waals surface area (Å²) in [6.07, 6.45) is -2.72. The maximum Gasteiger partial charge on any atom is 0.416 e. The fourth-order valence-corrected chi connectivity index (χ4v) is 2.52. The number of hydrogen-bond donors (Lipinski definition) is 2. The van der Waals surface area contributed by atoms with Crippen LogP contribution in [0.3, 0.4) is 0 Å². The average Bonchev–Trinajstić information content (AvgIpc) is 2.72. The normalized spacial score (nSPS) is 13.7. The van der Waals surface area contributed by atoms with Crippen LogP contribution in [0.2, 0.25) is 0 Å². The number of esters is 1. The van der Waals surface area contributed by atoms with Gasteiger partial charge in [-0.3, -0.25) is 4.79 Å². The maximum absolute atomic E-state index is 12.6. The Morgan fingerprint density at radius 1 is 1.10 bits per heavy atom. The number of nitrogens with one attached hydrogen (secondary N) is 1. The highest BCUT2D eigenvalue weighted by atomic mass is 19.4. The highest BCUT2D eigenvalue weighted by molar-refractivity contribution is 5.87. The summed E-state index contributed by atoms with van der Waals surface area (Å²) < 4.78 is 42.5. The van der Waals surface area contributed by atoms with Crippen LogP contribution in [0, 0.1) is 0 Å². The Kier molecular flexibility index (Phi) is 7.55. The Morgan fingerprint density at radius 2 is 1.72 bits per heavy atom. The van der Waals surface area contributed by atoms with Gasteiger partial charge in [-0.2, -0.15) is 13.2 Å². The van der Waals surface area contributed by atoms with E-state index in [1.807, 2.05) is 30.3 Å². The minimum atomic E-state index is -4.52. The number of benzene rings is 2. The predicted octanol–water partition coefficient (Wildman–Crippen LogP) is 3.50. The zero-order valence-corrected chi connectivity index (χ0v) is 15.5. The first-order valence-electron chi connectivity index (χ1n) is 8.67. The van der Waals surface area contributed by atoms with Gasteiger partial charge in [-0.05, 0) is 29.7 Å². The summed E-state index contributed by atoms with van der Waals surface area (Å²) in [5.41, 5.74) is -0.0291. The zero-order valence-electron chi connectivity index (χ0n) is 15.5. The van der Waals surface area contributed by atoms with Crippen molar-refractivity contribution in [2.75, 3.05) is 7.11 Å². The first kappa shape index (κ1) is 22.2. The number of aliphatic hydroxyl groups excluding tert-OH is 1.